The fraction of sp³-hybridized carbons (Fsp3) is 0.333. The second kappa shape index (κ2) is 8.58. The van der Waals surface area contributed by atoms with E-state index in [1.807, 2.05) is 0 Å². The van der Waals surface area contributed by atoms with Crippen molar-refractivity contribution in [1.82, 2.24) is 0 Å². The number of benzene rings is 2. The summed E-state index contributed by atoms with van der Waals surface area (Å²) in [5.41, 5.74) is 1.13. The van der Waals surface area contributed by atoms with E-state index in [1.54, 1.807) is 24.3 Å². The maximum Gasteiger partial charge on any atom is 0.359 e. The van der Waals surface area contributed by atoms with E-state index in [1.165, 1.54) is 42.7 Å². The monoisotopic (exact) mass is 362 g/mol. The molecule has 0 heterocycles. The lowest BCUT2D eigenvalue weighted by molar-refractivity contribution is 0.324. The normalized spacial score (nSPS) is 10.1. The minimum Gasteiger partial charge on any atom is -0.493 e. The quantitative estimate of drug-likeness (QED) is 0.698. The third kappa shape index (κ3) is 3.60. The van der Waals surface area contributed by atoms with Gasteiger partial charge in [-0.25, -0.2) is 0 Å². The van der Waals surface area contributed by atoms with Crippen LogP contribution in [-0.2, 0) is 0 Å². The third-order valence-corrected chi connectivity index (χ3v) is 4.01. The van der Waals surface area contributed by atoms with E-state index in [0.29, 0.717) is 45.4 Å². The maximum atomic E-state index is 10.9. The van der Waals surface area contributed by atoms with Crippen LogP contribution in [0.25, 0.3) is 0 Å². The molecule has 0 radical (unpaired) electrons. The Morgan fingerprint density at radius 3 is 1.00 bits per heavy atom. The average Bonchev–Trinajstić information content (AvgIpc) is 2.70. The van der Waals surface area contributed by atoms with Gasteiger partial charge in [-0.05, 0) is 35.2 Å². The van der Waals surface area contributed by atoms with Crippen molar-refractivity contribution < 1.29 is 33.4 Å². The lowest BCUT2D eigenvalue weighted by Crippen LogP contribution is -2.42. The Hall–Kier alpha value is -2.74. The van der Waals surface area contributed by atoms with Gasteiger partial charge in [0.1, 0.15) is 0 Å². The molecule has 0 aliphatic rings. The molecule has 2 aromatic carbocycles. The summed E-state index contributed by atoms with van der Waals surface area (Å²) in [6.45, 7) is -0.975. The summed E-state index contributed by atoms with van der Waals surface area (Å²) < 4.78 is 32.0. The van der Waals surface area contributed by atoms with Crippen LogP contribution >= 0.6 is 0 Å². The zero-order chi connectivity index (χ0) is 19.3. The molecule has 2 rings (SSSR count). The van der Waals surface area contributed by atoms with Crippen molar-refractivity contribution in [3.05, 3.63) is 24.3 Å². The van der Waals surface area contributed by atoms with Crippen molar-refractivity contribution in [3.63, 3.8) is 0 Å². The van der Waals surface area contributed by atoms with E-state index in [0.717, 1.165) is 0 Å². The molecule has 26 heavy (non-hydrogen) atoms. The predicted octanol–water partition coefficient (Wildman–Crippen LogP) is 0.836. The largest absolute Gasteiger partial charge is 0.493 e. The Morgan fingerprint density at radius 2 is 0.808 bits per heavy atom. The summed E-state index contributed by atoms with van der Waals surface area (Å²) in [5.74, 6) is 2.72. The average molecular weight is 362 g/mol. The van der Waals surface area contributed by atoms with Crippen molar-refractivity contribution in [2.75, 3.05) is 42.7 Å². The minimum absolute atomic E-state index is 0.452. The molecule has 0 saturated carbocycles. The number of hydrogen-bond acceptors (Lipinski definition) is 7. The summed E-state index contributed by atoms with van der Waals surface area (Å²) in [5, 5.41) is 10.9. The van der Waals surface area contributed by atoms with Crippen molar-refractivity contribution in [1.29, 1.82) is 0 Å². The van der Waals surface area contributed by atoms with Crippen LogP contribution in [-0.4, -0.2) is 54.6 Å². The first-order chi connectivity index (χ1) is 12.5. The highest BCUT2D eigenvalue weighted by Crippen LogP contribution is 2.37. The summed E-state index contributed by atoms with van der Waals surface area (Å²) in [6.07, 6.45) is 0. The second-order valence-electron chi connectivity index (χ2n) is 5.32. The highest BCUT2D eigenvalue weighted by Gasteiger charge is 2.25. The molecular formula is C18H23BO7. The molecule has 0 bridgehead atoms. The van der Waals surface area contributed by atoms with E-state index in [2.05, 4.69) is 0 Å². The van der Waals surface area contributed by atoms with Gasteiger partial charge in [0.2, 0.25) is 11.5 Å². The molecule has 7 nitrogen and oxygen atoms in total. The van der Waals surface area contributed by atoms with Gasteiger partial charge in [-0.1, -0.05) is 0 Å². The van der Waals surface area contributed by atoms with E-state index in [4.69, 9.17) is 28.4 Å². The number of methoxy groups -OCH3 is 6. The van der Waals surface area contributed by atoms with E-state index in [-0.39, 0.29) is 0 Å². The maximum absolute atomic E-state index is 10.9. The van der Waals surface area contributed by atoms with Crippen molar-refractivity contribution >= 4 is 17.8 Å². The highest BCUT2D eigenvalue weighted by molar-refractivity contribution is 6.79. The Kier molecular flexibility index (Phi) is 6.46. The van der Waals surface area contributed by atoms with Crippen LogP contribution in [0, 0.1) is 0 Å². The Bertz CT molecular complexity index is 650. The molecule has 0 spiro atoms. The van der Waals surface area contributed by atoms with E-state index >= 15 is 0 Å². The van der Waals surface area contributed by atoms with Gasteiger partial charge in [0.15, 0.2) is 23.0 Å². The zero-order valence-corrected chi connectivity index (χ0v) is 15.8. The van der Waals surface area contributed by atoms with Gasteiger partial charge in [0.25, 0.3) is 0 Å². The molecule has 2 aromatic rings. The lowest BCUT2D eigenvalue weighted by Gasteiger charge is -2.18. The molecule has 0 atom stereocenters. The molecule has 0 fully saturated rings. The fourth-order valence-corrected chi connectivity index (χ4v) is 2.71. The molecular weight excluding hydrogens is 339 g/mol. The van der Waals surface area contributed by atoms with Crippen molar-refractivity contribution in [3.8, 4) is 34.5 Å². The van der Waals surface area contributed by atoms with Gasteiger partial charge >= 0.3 is 6.92 Å². The second-order valence-corrected chi connectivity index (χ2v) is 5.32. The molecule has 140 valence electrons. The Morgan fingerprint density at radius 1 is 0.538 bits per heavy atom. The molecule has 0 aliphatic heterocycles. The first kappa shape index (κ1) is 19.6. The standard InChI is InChI=1S/C18H23BO7/c1-21-13-7-11(8-14(22-2)17(13)25-5)19(20)12-9-15(23-3)18(26-6)16(10-12)24-4/h7-10,20H,1-6H3. The van der Waals surface area contributed by atoms with Crippen LogP contribution < -0.4 is 39.3 Å². The van der Waals surface area contributed by atoms with Gasteiger partial charge in [0.05, 0.1) is 42.7 Å². The van der Waals surface area contributed by atoms with Gasteiger partial charge in [-0.15, -0.1) is 0 Å². The van der Waals surface area contributed by atoms with Crippen LogP contribution in [0.1, 0.15) is 0 Å². The van der Waals surface area contributed by atoms with Gasteiger partial charge in [0, 0.05) is 0 Å². The zero-order valence-electron chi connectivity index (χ0n) is 15.8. The van der Waals surface area contributed by atoms with Crippen molar-refractivity contribution in [2.24, 2.45) is 0 Å². The first-order valence-corrected chi connectivity index (χ1v) is 7.82. The minimum atomic E-state index is -0.975. The van der Waals surface area contributed by atoms with Crippen LogP contribution in [0.2, 0.25) is 0 Å². The number of rotatable bonds is 8. The number of ether oxygens (including phenoxy) is 6. The summed E-state index contributed by atoms with van der Waals surface area (Å²) in [6, 6.07) is 6.76. The van der Waals surface area contributed by atoms with Crippen LogP contribution in [0.4, 0.5) is 0 Å². The smallest absolute Gasteiger partial charge is 0.359 e. The SMILES string of the molecule is COc1cc(B(O)c2cc(OC)c(OC)c(OC)c2)cc(OC)c1OC. The summed E-state index contributed by atoms with van der Waals surface area (Å²) in [7, 11) is 9.13. The van der Waals surface area contributed by atoms with Crippen molar-refractivity contribution in [2.45, 2.75) is 0 Å². The topological polar surface area (TPSA) is 75.6 Å². The van der Waals surface area contributed by atoms with Gasteiger partial charge in [-0.2, -0.15) is 0 Å². The first-order valence-electron chi connectivity index (χ1n) is 7.82. The molecule has 0 aromatic heterocycles. The van der Waals surface area contributed by atoms with Crippen LogP contribution in [0.15, 0.2) is 24.3 Å². The fourth-order valence-electron chi connectivity index (χ4n) is 2.71. The summed E-state index contributed by atoms with van der Waals surface area (Å²) >= 11 is 0. The van der Waals surface area contributed by atoms with Gasteiger partial charge in [-0.3, -0.25) is 0 Å². The molecule has 0 amide bonds. The molecule has 0 aliphatic carbocycles. The molecule has 0 unspecified atom stereocenters. The molecule has 0 saturated heterocycles. The Labute approximate surface area is 153 Å². The van der Waals surface area contributed by atoms with E-state index < -0.39 is 6.92 Å². The Balaban J connectivity index is 2.57. The summed E-state index contributed by atoms with van der Waals surface area (Å²) in [4.78, 5) is 0. The molecule has 8 heteroatoms. The third-order valence-electron chi connectivity index (χ3n) is 4.01. The lowest BCUT2D eigenvalue weighted by atomic mass is 9.55. The van der Waals surface area contributed by atoms with Crippen LogP contribution in [0.5, 0.6) is 34.5 Å². The van der Waals surface area contributed by atoms with Gasteiger partial charge < -0.3 is 33.4 Å². The van der Waals surface area contributed by atoms with Crippen LogP contribution in [0.3, 0.4) is 0 Å². The van der Waals surface area contributed by atoms with E-state index in [9.17, 15) is 5.02 Å². The number of hydrogen-bond donors (Lipinski definition) is 1. The molecule has 1 N–H and O–H groups in total. The highest BCUT2D eigenvalue weighted by atomic mass is 16.5. The predicted molar refractivity (Wildman–Crippen MR) is 99.4 cm³/mol.